The van der Waals surface area contributed by atoms with Gasteiger partial charge in [-0.2, -0.15) is 0 Å². The summed E-state index contributed by atoms with van der Waals surface area (Å²) in [5, 5.41) is 20.1. The highest BCUT2D eigenvalue weighted by molar-refractivity contribution is 6.09. The summed E-state index contributed by atoms with van der Waals surface area (Å²) in [4.78, 5) is 24.7. The van der Waals surface area contributed by atoms with Crippen molar-refractivity contribution in [3.05, 3.63) is 108 Å². The number of nitrogens with one attached hydrogen (secondary N) is 1. The third kappa shape index (κ3) is 4.20. The molecule has 7 rings (SSSR count). The van der Waals surface area contributed by atoms with E-state index in [2.05, 4.69) is 15.6 Å². The second-order valence-corrected chi connectivity index (χ2v) is 11.1. The zero-order valence-corrected chi connectivity index (χ0v) is 22.8. The van der Waals surface area contributed by atoms with Crippen molar-refractivity contribution in [3.63, 3.8) is 0 Å². The molecular weight excluding hydrogens is 535 g/mol. The first-order chi connectivity index (χ1) is 20.4. The fourth-order valence-electron chi connectivity index (χ4n) is 6.61. The maximum Gasteiger partial charge on any atom is 0.307 e. The minimum Gasteiger partial charge on any atom is -0.497 e. The van der Waals surface area contributed by atoms with Gasteiger partial charge in [-0.25, -0.2) is 9.07 Å². The van der Waals surface area contributed by atoms with Gasteiger partial charge in [0.2, 0.25) is 5.91 Å². The SMILES string of the molecule is COC1=C(CC(=O)O)C[C@H](C2CC23C(=O)Nc2cc(F)c(-c4ccc(-c5ccc(-n6ccnn6)cc5)cc4)cc23)C=C1. The molecule has 1 amide bonds. The molecule has 9 heteroatoms. The first-order valence-corrected chi connectivity index (χ1v) is 13.8. The van der Waals surface area contributed by atoms with E-state index in [4.69, 9.17) is 4.74 Å². The lowest BCUT2D eigenvalue weighted by molar-refractivity contribution is -0.136. The first-order valence-electron chi connectivity index (χ1n) is 13.8. The molecule has 3 aliphatic rings. The summed E-state index contributed by atoms with van der Waals surface area (Å²) < 4.78 is 22.5. The van der Waals surface area contributed by atoms with Crippen molar-refractivity contribution < 1.29 is 23.8 Å². The smallest absolute Gasteiger partial charge is 0.307 e. The van der Waals surface area contributed by atoms with Gasteiger partial charge in [0.25, 0.3) is 0 Å². The number of methoxy groups -OCH3 is 1. The standard InChI is InChI=1S/C33H27FN4O4/c1-42-30-11-8-22(14-23(30)15-31(39)40)27-18-33(27)26-16-25(28(34)17-29(26)36-32(33)41)21-4-2-19(3-5-21)20-6-9-24(10-7-20)38-13-12-35-37-38/h2-13,16-17,22,27H,14-15,18H2,1H3,(H,36,41)(H,39,40)/t22-,27?,33?/m1/s1. The van der Waals surface area contributed by atoms with Crippen molar-refractivity contribution in [3.8, 4) is 27.9 Å². The van der Waals surface area contributed by atoms with Crippen LogP contribution in [0.5, 0.6) is 0 Å². The van der Waals surface area contributed by atoms with Gasteiger partial charge in [0, 0.05) is 11.3 Å². The number of anilines is 1. The molecule has 2 unspecified atom stereocenters. The molecule has 1 saturated carbocycles. The van der Waals surface area contributed by atoms with E-state index in [1.807, 2.05) is 66.7 Å². The number of ether oxygens (including phenoxy) is 1. The third-order valence-electron chi connectivity index (χ3n) is 8.77. The van der Waals surface area contributed by atoms with Gasteiger partial charge in [-0.05, 0) is 82.8 Å². The number of carboxylic acid groups (broad SMARTS) is 1. The van der Waals surface area contributed by atoms with Gasteiger partial charge in [0.1, 0.15) is 11.6 Å². The van der Waals surface area contributed by atoms with Crippen LogP contribution < -0.4 is 5.32 Å². The van der Waals surface area contributed by atoms with Crippen LogP contribution in [0.3, 0.4) is 0 Å². The number of hydrogen-bond donors (Lipinski definition) is 2. The van der Waals surface area contributed by atoms with Crippen molar-refractivity contribution in [1.82, 2.24) is 15.0 Å². The number of carboxylic acids is 1. The molecule has 2 heterocycles. The van der Waals surface area contributed by atoms with Crippen LogP contribution in [0, 0.1) is 17.7 Å². The molecule has 1 fully saturated rings. The number of rotatable bonds is 7. The molecule has 2 N–H and O–H groups in total. The molecule has 0 bridgehead atoms. The van der Waals surface area contributed by atoms with E-state index in [1.165, 1.54) is 13.2 Å². The predicted molar refractivity (Wildman–Crippen MR) is 154 cm³/mol. The molecule has 3 atom stereocenters. The molecule has 42 heavy (non-hydrogen) atoms. The zero-order chi connectivity index (χ0) is 29.0. The number of aromatic nitrogens is 3. The number of amides is 1. The molecule has 0 radical (unpaired) electrons. The van der Waals surface area contributed by atoms with Crippen molar-refractivity contribution in [2.75, 3.05) is 12.4 Å². The van der Waals surface area contributed by atoms with Crippen molar-refractivity contribution in [1.29, 1.82) is 0 Å². The normalized spacial score (nSPS) is 22.3. The first kappa shape index (κ1) is 25.9. The highest BCUT2D eigenvalue weighted by atomic mass is 19.1. The van der Waals surface area contributed by atoms with Crippen molar-refractivity contribution >= 4 is 17.6 Å². The summed E-state index contributed by atoms with van der Waals surface area (Å²) in [6, 6.07) is 18.9. The number of aliphatic carboxylic acids is 1. The Balaban J connectivity index is 1.15. The second kappa shape index (κ2) is 9.80. The van der Waals surface area contributed by atoms with Crippen LogP contribution in [-0.2, 0) is 19.7 Å². The van der Waals surface area contributed by atoms with Crippen LogP contribution in [-0.4, -0.2) is 39.1 Å². The summed E-state index contributed by atoms with van der Waals surface area (Å²) in [5.41, 5.74) is 5.34. The number of halogens is 1. The van der Waals surface area contributed by atoms with Crippen LogP contribution in [0.15, 0.2) is 96.5 Å². The number of carbonyl (C=O) groups is 2. The lowest BCUT2D eigenvalue weighted by atomic mass is 9.82. The number of carbonyl (C=O) groups excluding carboxylic acids is 1. The molecule has 1 aromatic heterocycles. The third-order valence-corrected chi connectivity index (χ3v) is 8.77. The lowest BCUT2D eigenvalue weighted by Gasteiger charge is -2.23. The number of benzene rings is 3. The summed E-state index contributed by atoms with van der Waals surface area (Å²) in [6.07, 6.45) is 8.26. The van der Waals surface area contributed by atoms with E-state index >= 15 is 4.39 Å². The Kier molecular flexibility index (Phi) is 6.04. The van der Waals surface area contributed by atoms with Gasteiger partial charge in [-0.1, -0.05) is 47.7 Å². The minimum atomic E-state index is -0.919. The van der Waals surface area contributed by atoms with Gasteiger partial charge < -0.3 is 15.2 Å². The van der Waals surface area contributed by atoms with Crippen molar-refractivity contribution in [2.45, 2.75) is 24.7 Å². The number of nitrogens with zero attached hydrogens (tertiary/aromatic N) is 3. The number of allylic oxidation sites excluding steroid dienone is 2. The fraction of sp³-hybridized carbons (Fsp3) is 0.212. The highest BCUT2D eigenvalue weighted by Gasteiger charge is 2.66. The molecule has 0 saturated heterocycles. The monoisotopic (exact) mass is 562 g/mol. The molecule has 2 aliphatic carbocycles. The van der Waals surface area contributed by atoms with E-state index in [9.17, 15) is 14.7 Å². The molecule has 210 valence electrons. The zero-order valence-electron chi connectivity index (χ0n) is 22.8. The largest absolute Gasteiger partial charge is 0.497 e. The quantitative estimate of drug-likeness (QED) is 0.291. The predicted octanol–water partition coefficient (Wildman–Crippen LogP) is 5.90. The Morgan fingerprint density at radius 1 is 1.12 bits per heavy atom. The molecule has 1 aliphatic heterocycles. The maximum absolute atomic E-state index is 15.4. The Bertz CT molecular complexity index is 1780. The fourth-order valence-corrected chi connectivity index (χ4v) is 6.61. The van der Waals surface area contributed by atoms with Crippen LogP contribution in [0.4, 0.5) is 10.1 Å². The summed E-state index contributed by atoms with van der Waals surface area (Å²) in [7, 11) is 1.53. The average Bonchev–Trinajstić information content (AvgIpc) is 3.38. The molecule has 1 spiro atoms. The molecule has 3 aromatic carbocycles. The van der Waals surface area contributed by atoms with Gasteiger partial charge in [-0.3, -0.25) is 9.59 Å². The highest BCUT2D eigenvalue weighted by Crippen LogP contribution is 2.64. The number of hydrogen-bond acceptors (Lipinski definition) is 5. The van der Waals surface area contributed by atoms with Gasteiger partial charge in [0.15, 0.2) is 0 Å². The second-order valence-electron chi connectivity index (χ2n) is 11.1. The number of fused-ring (bicyclic) bond motifs is 2. The Labute approximate surface area is 241 Å². The maximum atomic E-state index is 15.4. The van der Waals surface area contributed by atoms with Crippen LogP contribution in [0.1, 0.15) is 24.8 Å². The van der Waals surface area contributed by atoms with Crippen molar-refractivity contribution in [2.24, 2.45) is 11.8 Å². The summed E-state index contributed by atoms with van der Waals surface area (Å²) in [6.45, 7) is 0. The van der Waals surface area contributed by atoms with Gasteiger partial charge in [0.05, 0.1) is 37.0 Å². The van der Waals surface area contributed by atoms with E-state index < -0.39 is 17.2 Å². The average molecular weight is 563 g/mol. The van der Waals surface area contributed by atoms with Gasteiger partial charge in [-0.15, -0.1) is 5.10 Å². The van der Waals surface area contributed by atoms with E-state index in [1.54, 1.807) is 17.1 Å². The van der Waals surface area contributed by atoms with E-state index in [0.717, 1.165) is 27.9 Å². The van der Waals surface area contributed by atoms with Crippen LogP contribution in [0.25, 0.3) is 27.9 Å². The molecular formula is C33H27FN4O4. The van der Waals surface area contributed by atoms with E-state index in [0.29, 0.717) is 35.4 Å². The van der Waals surface area contributed by atoms with Crippen LogP contribution in [0.2, 0.25) is 0 Å². The Hall–Kier alpha value is -5.05. The Morgan fingerprint density at radius 3 is 2.50 bits per heavy atom. The lowest BCUT2D eigenvalue weighted by Crippen LogP contribution is -2.24. The topological polar surface area (TPSA) is 106 Å². The minimum absolute atomic E-state index is 0.0151. The van der Waals surface area contributed by atoms with E-state index in [-0.39, 0.29) is 24.2 Å². The van der Waals surface area contributed by atoms with Gasteiger partial charge >= 0.3 is 5.97 Å². The molecule has 4 aromatic rings. The molecule has 8 nitrogen and oxygen atoms in total. The summed E-state index contributed by atoms with van der Waals surface area (Å²) >= 11 is 0. The summed E-state index contributed by atoms with van der Waals surface area (Å²) in [5.74, 6) is -0.908. The van der Waals surface area contributed by atoms with Crippen LogP contribution >= 0.6 is 0 Å². The Morgan fingerprint density at radius 2 is 1.83 bits per heavy atom.